The van der Waals surface area contributed by atoms with Crippen LogP contribution in [0.15, 0.2) is 36.7 Å². The zero-order valence-corrected chi connectivity index (χ0v) is 9.33. The lowest BCUT2D eigenvalue weighted by Crippen LogP contribution is -2.11. The van der Waals surface area contributed by atoms with E-state index in [1.807, 2.05) is 30.3 Å². The first-order chi connectivity index (χ1) is 8.27. The van der Waals surface area contributed by atoms with Crippen molar-refractivity contribution in [1.82, 2.24) is 15.2 Å². The molecule has 0 saturated carbocycles. The zero-order valence-electron chi connectivity index (χ0n) is 9.33. The van der Waals surface area contributed by atoms with E-state index in [0.29, 0.717) is 5.69 Å². The first-order valence-electron chi connectivity index (χ1n) is 5.12. The molecule has 0 atom stereocenters. The fourth-order valence-corrected chi connectivity index (χ4v) is 1.33. The number of nitrogens with zero attached hydrogens (tertiary/aromatic N) is 3. The molecule has 0 unspecified atom stereocenters. The predicted molar refractivity (Wildman–Crippen MR) is 60.1 cm³/mol. The fraction of sp³-hybridized carbons (Fsp3) is 0.167. The summed E-state index contributed by atoms with van der Waals surface area (Å²) < 4.78 is 5.13. The monoisotopic (exact) mass is 229 g/mol. The first-order valence-corrected chi connectivity index (χ1v) is 5.12. The van der Waals surface area contributed by atoms with E-state index < -0.39 is 5.97 Å². The second kappa shape index (κ2) is 5.16. The van der Waals surface area contributed by atoms with Crippen LogP contribution in [-0.4, -0.2) is 21.2 Å². The lowest BCUT2D eigenvalue weighted by atomic mass is 10.2. The lowest BCUT2D eigenvalue weighted by molar-refractivity contribution is 0.0463. The van der Waals surface area contributed by atoms with E-state index in [2.05, 4.69) is 15.2 Å². The van der Waals surface area contributed by atoms with Crippen molar-refractivity contribution in [1.29, 1.82) is 0 Å². The van der Waals surface area contributed by atoms with Crippen molar-refractivity contribution in [3.05, 3.63) is 53.6 Å². The number of benzene rings is 1. The fourth-order valence-electron chi connectivity index (χ4n) is 1.33. The third-order valence-electron chi connectivity index (χ3n) is 2.20. The average Bonchev–Trinajstić information content (AvgIpc) is 2.38. The van der Waals surface area contributed by atoms with Crippen molar-refractivity contribution in [2.75, 3.05) is 0 Å². The smallest absolute Gasteiger partial charge is 0.359 e. The highest BCUT2D eigenvalue weighted by Crippen LogP contribution is 2.05. The van der Waals surface area contributed by atoms with Gasteiger partial charge in [0.05, 0.1) is 5.69 Å². The Bertz CT molecular complexity index is 514. The first kappa shape index (κ1) is 11.2. The molecule has 0 aliphatic carbocycles. The molecular formula is C12H11N3O2. The van der Waals surface area contributed by atoms with Crippen LogP contribution in [0.3, 0.4) is 0 Å². The Morgan fingerprint density at radius 2 is 2.06 bits per heavy atom. The topological polar surface area (TPSA) is 65.0 Å². The van der Waals surface area contributed by atoms with Crippen LogP contribution in [0.5, 0.6) is 0 Å². The molecule has 0 aliphatic rings. The van der Waals surface area contributed by atoms with Gasteiger partial charge >= 0.3 is 5.97 Å². The number of aromatic nitrogens is 3. The van der Waals surface area contributed by atoms with Crippen LogP contribution in [-0.2, 0) is 11.3 Å². The molecule has 1 aromatic carbocycles. The van der Waals surface area contributed by atoms with Crippen LogP contribution in [0, 0.1) is 6.92 Å². The number of carbonyl (C=O) groups is 1. The molecule has 5 nitrogen and oxygen atoms in total. The third-order valence-corrected chi connectivity index (χ3v) is 2.20. The SMILES string of the molecule is Cc1nncnc1C(=O)OCc1ccccc1. The molecule has 0 radical (unpaired) electrons. The molecule has 0 saturated heterocycles. The largest absolute Gasteiger partial charge is 0.456 e. The molecule has 86 valence electrons. The summed E-state index contributed by atoms with van der Waals surface area (Å²) in [5.74, 6) is -0.485. The van der Waals surface area contributed by atoms with Crippen LogP contribution in [0.25, 0.3) is 0 Å². The van der Waals surface area contributed by atoms with E-state index in [9.17, 15) is 4.79 Å². The normalized spacial score (nSPS) is 9.94. The van der Waals surface area contributed by atoms with Crippen molar-refractivity contribution in [2.45, 2.75) is 13.5 Å². The Hall–Kier alpha value is -2.30. The molecule has 1 aromatic heterocycles. The summed E-state index contributed by atoms with van der Waals surface area (Å²) >= 11 is 0. The van der Waals surface area contributed by atoms with Gasteiger partial charge in [0.15, 0.2) is 5.69 Å². The highest BCUT2D eigenvalue weighted by molar-refractivity contribution is 5.88. The van der Waals surface area contributed by atoms with Crippen molar-refractivity contribution in [3.63, 3.8) is 0 Å². The Morgan fingerprint density at radius 1 is 1.29 bits per heavy atom. The molecule has 1 heterocycles. The highest BCUT2D eigenvalue weighted by atomic mass is 16.5. The maximum absolute atomic E-state index is 11.7. The van der Waals surface area contributed by atoms with Crippen LogP contribution < -0.4 is 0 Å². The summed E-state index contributed by atoms with van der Waals surface area (Å²) in [6.07, 6.45) is 1.23. The van der Waals surface area contributed by atoms with E-state index >= 15 is 0 Å². The van der Waals surface area contributed by atoms with E-state index in [-0.39, 0.29) is 12.3 Å². The average molecular weight is 229 g/mol. The molecule has 17 heavy (non-hydrogen) atoms. The molecule has 0 amide bonds. The Balaban J connectivity index is 2.01. The van der Waals surface area contributed by atoms with Crippen LogP contribution >= 0.6 is 0 Å². The van der Waals surface area contributed by atoms with Gasteiger partial charge in [-0.2, -0.15) is 5.10 Å². The number of carbonyl (C=O) groups excluding carboxylic acids is 1. The lowest BCUT2D eigenvalue weighted by Gasteiger charge is -2.04. The summed E-state index contributed by atoms with van der Waals surface area (Å²) in [6.45, 7) is 1.89. The van der Waals surface area contributed by atoms with Crippen molar-refractivity contribution in [3.8, 4) is 0 Å². The van der Waals surface area contributed by atoms with E-state index in [0.717, 1.165) is 5.56 Å². The van der Waals surface area contributed by atoms with E-state index in [1.165, 1.54) is 6.33 Å². The molecule has 0 bridgehead atoms. The molecule has 0 N–H and O–H groups in total. The number of aryl methyl sites for hydroxylation is 1. The Kier molecular flexibility index (Phi) is 3.40. The minimum atomic E-state index is -0.485. The zero-order chi connectivity index (χ0) is 12.1. The molecule has 0 aliphatic heterocycles. The molecular weight excluding hydrogens is 218 g/mol. The number of esters is 1. The molecule has 5 heteroatoms. The standard InChI is InChI=1S/C12H11N3O2/c1-9-11(13-8-14-15-9)12(16)17-7-10-5-3-2-4-6-10/h2-6,8H,7H2,1H3. The minimum absolute atomic E-state index is 0.205. The second-order valence-electron chi connectivity index (χ2n) is 3.46. The molecule has 2 rings (SSSR count). The summed E-state index contributed by atoms with van der Waals surface area (Å²) in [5, 5.41) is 7.32. The number of rotatable bonds is 3. The van der Waals surface area contributed by atoms with Gasteiger partial charge in [0.2, 0.25) is 0 Å². The Morgan fingerprint density at radius 3 is 2.76 bits per heavy atom. The highest BCUT2D eigenvalue weighted by Gasteiger charge is 2.13. The van der Waals surface area contributed by atoms with Crippen LogP contribution in [0.4, 0.5) is 0 Å². The maximum atomic E-state index is 11.7. The number of ether oxygens (including phenoxy) is 1. The van der Waals surface area contributed by atoms with Crippen LogP contribution in [0.1, 0.15) is 21.7 Å². The molecule has 0 spiro atoms. The van der Waals surface area contributed by atoms with Gasteiger partial charge in [-0.15, -0.1) is 5.10 Å². The Labute approximate surface area is 98.5 Å². The van der Waals surface area contributed by atoms with E-state index in [4.69, 9.17) is 4.74 Å². The summed E-state index contributed by atoms with van der Waals surface area (Å²) in [4.78, 5) is 15.5. The van der Waals surface area contributed by atoms with Gasteiger partial charge < -0.3 is 4.74 Å². The van der Waals surface area contributed by atoms with Gasteiger partial charge in [0, 0.05) is 0 Å². The van der Waals surface area contributed by atoms with Gasteiger partial charge in [-0.05, 0) is 12.5 Å². The number of hydrogen-bond acceptors (Lipinski definition) is 5. The quantitative estimate of drug-likeness (QED) is 0.747. The molecule has 0 fully saturated rings. The van der Waals surface area contributed by atoms with Crippen molar-refractivity contribution in [2.24, 2.45) is 0 Å². The van der Waals surface area contributed by atoms with Crippen molar-refractivity contribution < 1.29 is 9.53 Å². The number of hydrogen-bond donors (Lipinski definition) is 0. The summed E-state index contributed by atoms with van der Waals surface area (Å²) in [6, 6.07) is 9.46. The van der Waals surface area contributed by atoms with Gasteiger partial charge in [-0.25, -0.2) is 9.78 Å². The van der Waals surface area contributed by atoms with E-state index in [1.54, 1.807) is 6.92 Å². The van der Waals surface area contributed by atoms with Gasteiger partial charge in [0.25, 0.3) is 0 Å². The van der Waals surface area contributed by atoms with Gasteiger partial charge in [0.1, 0.15) is 12.9 Å². The minimum Gasteiger partial charge on any atom is -0.456 e. The third kappa shape index (κ3) is 2.84. The molecule has 2 aromatic rings. The summed E-state index contributed by atoms with van der Waals surface area (Å²) in [7, 11) is 0. The van der Waals surface area contributed by atoms with Gasteiger partial charge in [-0.1, -0.05) is 30.3 Å². The second-order valence-corrected chi connectivity index (χ2v) is 3.46. The maximum Gasteiger partial charge on any atom is 0.359 e. The summed E-state index contributed by atoms with van der Waals surface area (Å²) in [5.41, 5.74) is 1.60. The van der Waals surface area contributed by atoms with Crippen LogP contribution in [0.2, 0.25) is 0 Å². The van der Waals surface area contributed by atoms with Crippen molar-refractivity contribution >= 4 is 5.97 Å². The van der Waals surface area contributed by atoms with Gasteiger partial charge in [-0.3, -0.25) is 0 Å². The predicted octanol–water partition coefficient (Wildman–Crippen LogP) is 1.54.